The highest BCUT2D eigenvalue weighted by atomic mass is 16.6. The van der Waals surface area contributed by atoms with E-state index < -0.39 is 27.1 Å². The maximum Gasteiger partial charge on any atom is 0.277 e. The molecule has 4 aromatic rings. The van der Waals surface area contributed by atoms with Crippen molar-refractivity contribution >= 4 is 23.0 Å². The van der Waals surface area contributed by atoms with Gasteiger partial charge in [-0.15, -0.1) is 10.2 Å². The lowest BCUT2D eigenvalue weighted by Crippen LogP contribution is -2.12. The van der Waals surface area contributed by atoms with Crippen molar-refractivity contribution in [1.29, 1.82) is 0 Å². The molecule has 0 atom stereocenters. The summed E-state index contributed by atoms with van der Waals surface area (Å²) in [6, 6.07) is 14.2. The molecule has 13 nitrogen and oxygen atoms in total. The summed E-state index contributed by atoms with van der Waals surface area (Å²) in [5.41, 5.74) is 0.797. The molecule has 2 aromatic carbocycles. The molecule has 176 valence electrons. The number of rotatable bonds is 7. The molecule has 1 N–H and O–H groups in total. The summed E-state index contributed by atoms with van der Waals surface area (Å²) in [4.78, 5) is 32.9. The molecule has 0 spiro atoms. The van der Waals surface area contributed by atoms with Crippen molar-refractivity contribution in [3.05, 3.63) is 97.8 Å². The molecule has 0 saturated heterocycles. The van der Waals surface area contributed by atoms with Crippen LogP contribution in [0.5, 0.6) is 11.6 Å². The predicted octanol–water partition coefficient (Wildman–Crippen LogP) is 4.14. The van der Waals surface area contributed by atoms with Crippen LogP contribution in [0, 0.1) is 34.1 Å². The Morgan fingerprint density at radius 2 is 1.57 bits per heavy atom. The summed E-state index contributed by atoms with van der Waals surface area (Å²) < 4.78 is 7.33. The number of aryl methyl sites for hydroxylation is 2. The van der Waals surface area contributed by atoms with Crippen LogP contribution in [0.2, 0.25) is 0 Å². The minimum Gasteiger partial charge on any atom is -0.438 e. The minimum absolute atomic E-state index is 0.218. The molecule has 1 amide bonds. The Morgan fingerprint density at radius 3 is 2.09 bits per heavy atom. The van der Waals surface area contributed by atoms with Gasteiger partial charge >= 0.3 is 0 Å². The summed E-state index contributed by atoms with van der Waals surface area (Å²) >= 11 is 0. The monoisotopic (exact) mass is 475 g/mol. The fourth-order valence-electron chi connectivity index (χ4n) is 3.21. The number of anilines is 1. The van der Waals surface area contributed by atoms with Crippen molar-refractivity contribution in [2.75, 3.05) is 5.32 Å². The number of nitrogens with zero attached hydrogens (tertiary/aromatic N) is 6. The van der Waals surface area contributed by atoms with Gasteiger partial charge in [-0.05, 0) is 50.2 Å². The van der Waals surface area contributed by atoms with E-state index in [1.165, 1.54) is 12.1 Å². The number of aromatic nitrogens is 4. The Morgan fingerprint density at radius 1 is 0.914 bits per heavy atom. The number of nitro benzene ring substituents is 2. The Hall–Kier alpha value is -5.20. The standard InChI is InChI=1S/C22H17N7O6/c1-13-9-14(2)27(26-13)20-7-8-21(25-24-20)35-19-5-3-16(4-6-19)23-22(30)15-10-17(28(31)32)12-18(11-15)29(33)34/h3-12H,1-2H3,(H,23,30). The van der Waals surface area contributed by atoms with Crippen LogP contribution in [0.3, 0.4) is 0 Å². The van der Waals surface area contributed by atoms with Crippen molar-refractivity contribution in [1.82, 2.24) is 20.0 Å². The molecule has 0 radical (unpaired) electrons. The molecule has 0 fully saturated rings. The summed E-state index contributed by atoms with van der Waals surface area (Å²) in [5.74, 6) is 0.469. The predicted molar refractivity (Wildman–Crippen MR) is 123 cm³/mol. The summed E-state index contributed by atoms with van der Waals surface area (Å²) in [7, 11) is 0. The zero-order valence-electron chi connectivity index (χ0n) is 18.4. The lowest BCUT2D eigenvalue weighted by Gasteiger charge is -2.08. The zero-order chi connectivity index (χ0) is 25.1. The van der Waals surface area contributed by atoms with Gasteiger partial charge in [0.1, 0.15) is 5.75 Å². The van der Waals surface area contributed by atoms with E-state index in [4.69, 9.17) is 4.74 Å². The van der Waals surface area contributed by atoms with Gasteiger partial charge in [0.2, 0.25) is 5.88 Å². The van der Waals surface area contributed by atoms with Gasteiger partial charge < -0.3 is 10.1 Å². The number of benzene rings is 2. The van der Waals surface area contributed by atoms with Crippen LogP contribution in [0.4, 0.5) is 17.1 Å². The first kappa shape index (κ1) is 23.0. The first-order valence-corrected chi connectivity index (χ1v) is 10.1. The van der Waals surface area contributed by atoms with Crippen LogP contribution >= 0.6 is 0 Å². The normalized spacial score (nSPS) is 10.6. The van der Waals surface area contributed by atoms with Gasteiger partial charge in [0.05, 0.1) is 27.2 Å². The summed E-state index contributed by atoms with van der Waals surface area (Å²) in [5, 5.41) is 37.1. The first-order chi connectivity index (χ1) is 16.7. The lowest BCUT2D eigenvalue weighted by atomic mass is 10.1. The van der Waals surface area contributed by atoms with Crippen LogP contribution in [0.25, 0.3) is 5.82 Å². The second-order valence-electron chi connectivity index (χ2n) is 7.40. The molecule has 35 heavy (non-hydrogen) atoms. The summed E-state index contributed by atoms with van der Waals surface area (Å²) in [6.07, 6.45) is 0. The number of ether oxygens (including phenoxy) is 1. The highest BCUT2D eigenvalue weighted by Gasteiger charge is 2.20. The van der Waals surface area contributed by atoms with Gasteiger partial charge in [0, 0.05) is 29.6 Å². The van der Waals surface area contributed by atoms with Crippen LogP contribution in [0.15, 0.2) is 60.7 Å². The number of nitrogens with one attached hydrogen (secondary N) is 1. The number of hydrogen-bond donors (Lipinski definition) is 1. The van der Waals surface area contributed by atoms with Crippen molar-refractivity contribution in [3.63, 3.8) is 0 Å². The number of nitro groups is 2. The smallest absolute Gasteiger partial charge is 0.277 e. The molecule has 13 heteroatoms. The molecule has 0 aliphatic heterocycles. The van der Waals surface area contributed by atoms with E-state index in [9.17, 15) is 25.0 Å². The number of amides is 1. The van der Waals surface area contributed by atoms with Crippen molar-refractivity contribution in [3.8, 4) is 17.4 Å². The summed E-state index contributed by atoms with van der Waals surface area (Å²) in [6.45, 7) is 3.79. The maximum absolute atomic E-state index is 12.5. The van der Waals surface area contributed by atoms with E-state index in [2.05, 4.69) is 20.6 Å². The average Bonchev–Trinajstić information content (AvgIpc) is 3.18. The van der Waals surface area contributed by atoms with Gasteiger partial charge in [0.25, 0.3) is 17.3 Å². The van der Waals surface area contributed by atoms with Crippen molar-refractivity contribution in [2.24, 2.45) is 0 Å². The molecule has 4 rings (SSSR count). The fraction of sp³-hybridized carbons (Fsp3) is 0.0909. The third-order valence-electron chi connectivity index (χ3n) is 4.77. The van der Waals surface area contributed by atoms with Crippen LogP contribution in [0.1, 0.15) is 21.7 Å². The number of non-ortho nitro benzene ring substituents is 2. The van der Waals surface area contributed by atoms with Crippen LogP contribution < -0.4 is 10.1 Å². The largest absolute Gasteiger partial charge is 0.438 e. The Labute approximate surface area is 197 Å². The molecular weight excluding hydrogens is 458 g/mol. The molecule has 0 bridgehead atoms. The topological polar surface area (TPSA) is 168 Å². The fourth-order valence-corrected chi connectivity index (χ4v) is 3.21. The first-order valence-electron chi connectivity index (χ1n) is 10.1. The Kier molecular flexibility index (Phi) is 6.14. The van der Waals surface area contributed by atoms with Crippen LogP contribution in [-0.4, -0.2) is 35.7 Å². The Bertz CT molecular complexity index is 1400. The van der Waals surface area contributed by atoms with E-state index in [-0.39, 0.29) is 11.4 Å². The lowest BCUT2D eigenvalue weighted by molar-refractivity contribution is -0.394. The van der Waals surface area contributed by atoms with Gasteiger partial charge in [-0.3, -0.25) is 25.0 Å². The van der Waals surface area contributed by atoms with E-state index in [1.807, 2.05) is 19.9 Å². The number of carbonyl (C=O) groups is 1. The van der Waals surface area contributed by atoms with E-state index in [0.717, 1.165) is 29.6 Å². The quantitative estimate of drug-likeness (QED) is 0.305. The van der Waals surface area contributed by atoms with Crippen molar-refractivity contribution < 1.29 is 19.4 Å². The average molecular weight is 475 g/mol. The van der Waals surface area contributed by atoms with Crippen LogP contribution in [-0.2, 0) is 0 Å². The Balaban J connectivity index is 1.44. The van der Waals surface area contributed by atoms with Gasteiger partial charge in [-0.1, -0.05) is 0 Å². The molecule has 0 unspecified atom stereocenters. The van der Waals surface area contributed by atoms with Gasteiger partial charge in [0.15, 0.2) is 5.82 Å². The highest BCUT2D eigenvalue weighted by molar-refractivity contribution is 6.05. The SMILES string of the molecule is Cc1cc(C)n(-c2ccc(Oc3ccc(NC(=O)c4cc([N+](=O)[O-])cc([N+](=O)[O-])c4)cc3)nn2)n1. The minimum atomic E-state index is -0.803. The van der Waals surface area contributed by atoms with Gasteiger partial charge in [-0.25, -0.2) is 4.68 Å². The molecule has 0 aliphatic carbocycles. The third-order valence-corrected chi connectivity index (χ3v) is 4.77. The van der Waals surface area contributed by atoms with E-state index >= 15 is 0 Å². The second-order valence-corrected chi connectivity index (χ2v) is 7.40. The zero-order valence-corrected chi connectivity index (χ0v) is 18.4. The highest BCUT2D eigenvalue weighted by Crippen LogP contribution is 2.25. The second kappa shape index (κ2) is 9.35. The maximum atomic E-state index is 12.5. The van der Waals surface area contributed by atoms with Gasteiger partial charge in [-0.2, -0.15) is 5.10 Å². The molecule has 2 aromatic heterocycles. The van der Waals surface area contributed by atoms with Crippen molar-refractivity contribution in [2.45, 2.75) is 13.8 Å². The molecule has 0 aliphatic rings. The molecule has 2 heterocycles. The third kappa shape index (κ3) is 5.24. The molecular formula is C22H17N7O6. The van der Waals surface area contributed by atoms with E-state index in [1.54, 1.807) is 28.9 Å². The number of hydrogen-bond acceptors (Lipinski definition) is 9. The number of carbonyl (C=O) groups excluding carboxylic acids is 1. The molecule has 0 saturated carbocycles. The van der Waals surface area contributed by atoms with E-state index in [0.29, 0.717) is 17.3 Å².